The van der Waals surface area contributed by atoms with Gasteiger partial charge in [0.2, 0.25) is 0 Å². The lowest BCUT2D eigenvalue weighted by molar-refractivity contribution is 0.901. The molecule has 0 saturated carbocycles. The Morgan fingerprint density at radius 2 is 2.11 bits per heavy atom. The Balaban J connectivity index is 3.53. The Hall–Kier alpha value is 0.220. The van der Waals surface area contributed by atoms with Crippen LogP contribution in [0.2, 0.25) is 0 Å². The Kier molecular flexibility index (Phi) is 6.50. The molecule has 0 aromatic carbocycles. The SMILES string of the molecule is CCC=C(CBr)CCC. The predicted molar refractivity (Wildman–Crippen MR) is 47.1 cm³/mol. The Labute approximate surface area is 66.5 Å². The number of rotatable bonds is 4. The Morgan fingerprint density at radius 3 is 2.44 bits per heavy atom. The molecule has 0 aliphatic carbocycles. The fourth-order valence-corrected chi connectivity index (χ4v) is 1.34. The molecule has 0 bridgehead atoms. The van der Waals surface area contributed by atoms with Crippen molar-refractivity contribution in [1.29, 1.82) is 0 Å². The van der Waals surface area contributed by atoms with E-state index in [2.05, 4.69) is 35.9 Å². The Morgan fingerprint density at radius 1 is 1.44 bits per heavy atom. The molecule has 54 valence electrons. The van der Waals surface area contributed by atoms with Gasteiger partial charge in [0.25, 0.3) is 0 Å². The summed E-state index contributed by atoms with van der Waals surface area (Å²) in [6.45, 7) is 4.39. The minimum Gasteiger partial charge on any atom is -0.0880 e. The molecular formula is C8H15Br. The van der Waals surface area contributed by atoms with Gasteiger partial charge in [0.1, 0.15) is 0 Å². The standard InChI is InChI=1S/C8H15Br/c1-3-5-8(7-9)6-4-2/h5H,3-4,6-7H2,1-2H3. The van der Waals surface area contributed by atoms with E-state index in [4.69, 9.17) is 0 Å². The first-order valence-electron chi connectivity index (χ1n) is 3.59. The molecule has 0 amide bonds. The first-order chi connectivity index (χ1) is 4.35. The van der Waals surface area contributed by atoms with Crippen molar-refractivity contribution in [2.24, 2.45) is 0 Å². The average Bonchev–Trinajstić information content (AvgIpc) is 1.88. The molecule has 1 heteroatoms. The van der Waals surface area contributed by atoms with Crippen LogP contribution in [0.5, 0.6) is 0 Å². The highest BCUT2D eigenvalue weighted by Crippen LogP contribution is 2.08. The molecule has 0 aliphatic rings. The van der Waals surface area contributed by atoms with Crippen LogP contribution in [0.15, 0.2) is 11.6 Å². The lowest BCUT2D eigenvalue weighted by Crippen LogP contribution is -1.82. The summed E-state index contributed by atoms with van der Waals surface area (Å²) >= 11 is 3.45. The molecule has 0 atom stereocenters. The molecule has 0 unspecified atom stereocenters. The van der Waals surface area contributed by atoms with E-state index in [1.165, 1.54) is 19.3 Å². The van der Waals surface area contributed by atoms with E-state index in [1.807, 2.05) is 0 Å². The molecular weight excluding hydrogens is 176 g/mol. The van der Waals surface area contributed by atoms with Gasteiger partial charge >= 0.3 is 0 Å². The van der Waals surface area contributed by atoms with Crippen LogP contribution in [-0.2, 0) is 0 Å². The second-order valence-corrected chi connectivity index (χ2v) is 2.71. The molecule has 0 fully saturated rings. The Bertz CT molecular complexity index is 84.6. The first kappa shape index (κ1) is 9.22. The molecule has 0 saturated heterocycles. The van der Waals surface area contributed by atoms with Crippen molar-refractivity contribution in [3.63, 3.8) is 0 Å². The van der Waals surface area contributed by atoms with Crippen LogP contribution in [0.25, 0.3) is 0 Å². The molecule has 0 radical (unpaired) electrons. The molecule has 0 N–H and O–H groups in total. The lowest BCUT2D eigenvalue weighted by atomic mass is 10.1. The third kappa shape index (κ3) is 4.71. The normalized spacial score (nSPS) is 12.1. The highest BCUT2D eigenvalue weighted by Gasteiger charge is 1.89. The van der Waals surface area contributed by atoms with Crippen LogP contribution in [0.3, 0.4) is 0 Å². The highest BCUT2D eigenvalue weighted by molar-refractivity contribution is 9.09. The molecule has 9 heavy (non-hydrogen) atoms. The van der Waals surface area contributed by atoms with E-state index < -0.39 is 0 Å². The van der Waals surface area contributed by atoms with Crippen molar-refractivity contribution in [3.8, 4) is 0 Å². The summed E-state index contributed by atoms with van der Waals surface area (Å²) in [4.78, 5) is 0. The van der Waals surface area contributed by atoms with Crippen molar-refractivity contribution in [2.45, 2.75) is 33.1 Å². The lowest BCUT2D eigenvalue weighted by Gasteiger charge is -1.98. The van der Waals surface area contributed by atoms with Crippen molar-refractivity contribution >= 4 is 15.9 Å². The van der Waals surface area contributed by atoms with E-state index in [9.17, 15) is 0 Å². The van der Waals surface area contributed by atoms with Crippen LogP contribution in [-0.4, -0.2) is 5.33 Å². The monoisotopic (exact) mass is 190 g/mol. The minimum atomic E-state index is 1.05. The topological polar surface area (TPSA) is 0 Å². The summed E-state index contributed by atoms with van der Waals surface area (Å²) in [7, 11) is 0. The molecule has 0 heterocycles. The number of hydrogen-bond donors (Lipinski definition) is 0. The van der Waals surface area contributed by atoms with Gasteiger partial charge in [-0.05, 0) is 12.8 Å². The zero-order valence-electron chi connectivity index (χ0n) is 6.28. The molecule has 0 spiro atoms. The maximum absolute atomic E-state index is 3.45. The first-order valence-corrected chi connectivity index (χ1v) is 4.71. The van der Waals surface area contributed by atoms with E-state index in [0.717, 1.165) is 5.33 Å². The van der Waals surface area contributed by atoms with Gasteiger partial charge in [-0.3, -0.25) is 0 Å². The summed E-state index contributed by atoms with van der Waals surface area (Å²) in [5.74, 6) is 0. The molecule has 0 aliphatic heterocycles. The van der Waals surface area contributed by atoms with Gasteiger partial charge in [0.05, 0.1) is 0 Å². The maximum atomic E-state index is 3.45. The average molecular weight is 191 g/mol. The molecule has 0 rings (SSSR count). The predicted octanol–water partition coefficient (Wildman–Crippen LogP) is 3.52. The fourth-order valence-electron chi connectivity index (χ4n) is 0.833. The quantitative estimate of drug-likeness (QED) is 0.471. The van der Waals surface area contributed by atoms with Crippen molar-refractivity contribution < 1.29 is 0 Å². The van der Waals surface area contributed by atoms with Gasteiger partial charge in [-0.2, -0.15) is 0 Å². The minimum absolute atomic E-state index is 1.05. The molecule has 0 aromatic heterocycles. The van der Waals surface area contributed by atoms with Gasteiger partial charge in [-0.25, -0.2) is 0 Å². The smallest absolute Gasteiger partial charge is 0.0241 e. The van der Waals surface area contributed by atoms with Gasteiger partial charge in [-0.1, -0.05) is 47.8 Å². The van der Waals surface area contributed by atoms with E-state index >= 15 is 0 Å². The van der Waals surface area contributed by atoms with Gasteiger partial charge in [-0.15, -0.1) is 0 Å². The third-order valence-corrected chi connectivity index (χ3v) is 1.96. The fraction of sp³-hybridized carbons (Fsp3) is 0.750. The number of halogens is 1. The van der Waals surface area contributed by atoms with Gasteiger partial charge < -0.3 is 0 Å². The van der Waals surface area contributed by atoms with Gasteiger partial charge in [0, 0.05) is 5.33 Å². The van der Waals surface area contributed by atoms with Crippen molar-refractivity contribution in [3.05, 3.63) is 11.6 Å². The van der Waals surface area contributed by atoms with Crippen LogP contribution in [0.4, 0.5) is 0 Å². The second-order valence-electron chi connectivity index (χ2n) is 2.15. The molecule has 0 nitrogen and oxygen atoms in total. The number of hydrogen-bond acceptors (Lipinski definition) is 0. The van der Waals surface area contributed by atoms with E-state index in [1.54, 1.807) is 5.57 Å². The van der Waals surface area contributed by atoms with Crippen LogP contribution in [0, 0.1) is 0 Å². The number of allylic oxidation sites excluding steroid dienone is 2. The third-order valence-electron chi connectivity index (χ3n) is 1.24. The van der Waals surface area contributed by atoms with E-state index in [-0.39, 0.29) is 0 Å². The summed E-state index contributed by atoms with van der Waals surface area (Å²) in [5, 5.41) is 1.05. The van der Waals surface area contributed by atoms with Crippen LogP contribution < -0.4 is 0 Å². The van der Waals surface area contributed by atoms with Crippen LogP contribution in [0.1, 0.15) is 33.1 Å². The maximum Gasteiger partial charge on any atom is 0.0241 e. The van der Waals surface area contributed by atoms with Gasteiger partial charge in [0.15, 0.2) is 0 Å². The summed E-state index contributed by atoms with van der Waals surface area (Å²) < 4.78 is 0. The zero-order valence-corrected chi connectivity index (χ0v) is 7.87. The summed E-state index contributed by atoms with van der Waals surface area (Å²) in [5.41, 5.74) is 1.54. The van der Waals surface area contributed by atoms with Crippen molar-refractivity contribution in [1.82, 2.24) is 0 Å². The largest absolute Gasteiger partial charge is 0.0880 e. The van der Waals surface area contributed by atoms with Crippen LogP contribution >= 0.6 is 15.9 Å². The van der Waals surface area contributed by atoms with Crippen molar-refractivity contribution in [2.75, 3.05) is 5.33 Å². The summed E-state index contributed by atoms with van der Waals surface area (Å²) in [6, 6.07) is 0. The molecule has 0 aromatic rings. The zero-order chi connectivity index (χ0) is 7.11. The second kappa shape index (κ2) is 6.34. The number of alkyl halides is 1. The highest BCUT2D eigenvalue weighted by atomic mass is 79.9. The van der Waals surface area contributed by atoms with E-state index in [0.29, 0.717) is 0 Å². The summed E-state index contributed by atoms with van der Waals surface area (Å²) in [6.07, 6.45) is 5.98.